The van der Waals surface area contributed by atoms with Gasteiger partial charge in [-0.25, -0.2) is 0 Å². The first-order valence-electron chi connectivity index (χ1n) is 4.11. The van der Waals surface area contributed by atoms with Gasteiger partial charge < -0.3 is 4.74 Å². The number of ether oxygens (including phenoxy) is 1. The van der Waals surface area contributed by atoms with Gasteiger partial charge in [0.2, 0.25) is 0 Å². The molecule has 78 valence electrons. The van der Waals surface area contributed by atoms with E-state index in [1.165, 1.54) is 24.3 Å². The van der Waals surface area contributed by atoms with E-state index in [2.05, 4.69) is 0 Å². The first-order valence-corrected chi connectivity index (χ1v) is 5.49. The maximum absolute atomic E-state index is 12.4. The van der Waals surface area contributed by atoms with Crippen LogP contribution < -0.4 is 4.74 Å². The Kier molecular flexibility index (Phi) is 3.10. The van der Waals surface area contributed by atoms with Crippen molar-refractivity contribution in [3.05, 3.63) is 24.3 Å². The van der Waals surface area contributed by atoms with Crippen LogP contribution in [-0.2, 0) is 10.2 Å². The fourth-order valence-electron chi connectivity index (χ4n) is 0.953. The number of hydrogen-bond donors (Lipinski definition) is 0. The molecule has 1 rings (SSSR count). The minimum absolute atomic E-state index is 0.00262. The van der Waals surface area contributed by atoms with Gasteiger partial charge in [0.25, 0.3) is 0 Å². The summed E-state index contributed by atoms with van der Waals surface area (Å²) in [5.41, 5.74) is 0. The molecule has 0 saturated heterocycles. The van der Waals surface area contributed by atoms with E-state index in [4.69, 9.17) is 4.74 Å². The zero-order chi connectivity index (χ0) is 10.8. The van der Waals surface area contributed by atoms with Gasteiger partial charge in [0.1, 0.15) is 5.75 Å². The summed E-state index contributed by atoms with van der Waals surface area (Å²) in [5.74, 6) is 0.521. The molecular formula is C9H11FO3S. The third-order valence-electron chi connectivity index (χ3n) is 1.48. The Morgan fingerprint density at radius 2 is 1.71 bits per heavy atom. The van der Waals surface area contributed by atoms with Crippen LogP contribution in [0, 0.1) is 0 Å². The van der Waals surface area contributed by atoms with Crippen LogP contribution in [0.25, 0.3) is 0 Å². The Morgan fingerprint density at radius 1 is 1.21 bits per heavy atom. The predicted molar refractivity (Wildman–Crippen MR) is 50.5 cm³/mol. The summed E-state index contributed by atoms with van der Waals surface area (Å²) in [5, 5.41) is 0. The lowest BCUT2D eigenvalue weighted by Crippen LogP contribution is -2.05. The molecule has 0 amide bonds. The minimum atomic E-state index is -4.60. The standard InChI is InChI=1S/C9H11FO3S/c1-7(2)13-8-3-5-9(6-4-8)14(10,11)12/h3-7H,1-2H3. The van der Waals surface area contributed by atoms with Crippen molar-refractivity contribution in [2.75, 3.05) is 0 Å². The van der Waals surface area contributed by atoms with Crippen molar-refractivity contribution in [3.8, 4) is 5.75 Å². The molecule has 5 heteroatoms. The molecule has 0 atom stereocenters. The van der Waals surface area contributed by atoms with Gasteiger partial charge in [0, 0.05) is 0 Å². The lowest BCUT2D eigenvalue weighted by atomic mass is 10.3. The molecular weight excluding hydrogens is 207 g/mol. The molecule has 0 unspecified atom stereocenters. The van der Waals surface area contributed by atoms with Gasteiger partial charge in [-0.3, -0.25) is 0 Å². The normalized spacial score (nSPS) is 11.7. The van der Waals surface area contributed by atoms with Crippen LogP contribution in [0.3, 0.4) is 0 Å². The fourth-order valence-corrected chi connectivity index (χ4v) is 1.41. The summed E-state index contributed by atoms with van der Waals surface area (Å²) in [6, 6.07) is 5.19. The van der Waals surface area contributed by atoms with E-state index in [-0.39, 0.29) is 11.0 Å². The molecule has 1 aromatic carbocycles. The van der Waals surface area contributed by atoms with Crippen molar-refractivity contribution in [2.24, 2.45) is 0 Å². The third-order valence-corrected chi connectivity index (χ3v) is 2.31. The minimum Gasteiger partial charge on any atom is -0.491 e. The van der Waals surface area contributed by atoms with Gasteiger partial charge in [-0.1, -0.05) is 0 Å². The first kappa shape index (κ1) is 11.0. The highest BCUT2D eigenvalue weighted by molar-refractivity contribution is 7.86. The van der Waals surface area contributed by atoms with Crippen molar-refractivity contribution in [2.45, 2.75) is 24.8 Å². The van der Waals surface area contributed by atoms with Gasteiger partial charge in [-0.15, -0.1) is 3.89 Å². The van der Waals surface area contributed by atoms with Gasteiger partial charge in [-0.2, -0.15) is 8.42 Å². The van der Waals surface area contributed by atoms with Crippen molar-refractivity contribution in [3.63, 3.8) is 0 Å². The topological polar surface area (TPSA) is 43.4 Å². The lowest BCUT2D eigenvalue weighted by Gasteiger charge is -2.08. The Hall–Kier alpha value is -1.10. The highest BCUT2D eigenvalue weighted by atomic mass is 32.3. The van der Waals surface area contributed by atoms with Crippen molar-refractivity contribution in [1.82, 2.24) is 0 Å². The lowest BCUT2D eigenvalue weighted by molar-refractivity contribution is 0.242. The molecule has 0 saturated carbocycles. The molecule has 3 nitrogen and oxygen atoms in total. The summed E-state index contributed by atoms with van der Waals surface area (Å²) in [6.45, 7) is 3.69. The van der Waals surface area contributed by atoms with E-state index in [0.29, 0.717) is 5.75 Å². The second-order valence-electron chi connectivity index (χ2n) is 3.08. The van der Waals surface area contributed by atoms with Crippen LogP contribution in [0.2, 0.25) is 0 Å². The summed E-state index contributed by atoms with van der Waals surface area (Å²) < 4.78 is 38.6. The largest absolute Gasteiger partial charge is 0.491 e. The number of rotatable bonds is 3. The highest BCUT2D eigenvalue weighted by Gasteiger charge is 2.11. The fraction of sp³-hybridized carbons (Fsp3) is 0.333. The molecule has 0 fully saturated rings. The average molecular weight is 218 g/mol. The number of halogens is 1. The Labute approximate surface area is 82.7 Å². The zero-order valence-electron chi connectivity index (χ0n) is 7.90. The van der Waals surface area contributed by atoms with Crippen LogP contribution in [0.4, 0.5) is 3.89 Å². The molecule has 0 N–H and O–H groups in total. The Balaban J connectivity index is 2.90. The summed E-state index contributed by atoms with van der Waals surface area (Å²) in [4.78, 5) is -0.353. The number of benzene rings is 1. The number of hydrogen-bond acceptors (Lipinski definition) is 3. The van der Waals surface area contributed by atoms with E-state index in [1.807, 2.05) is 13.8 Å². The summed E-state index contributed by atoms with van der Waals surface area (Å²) in [6.07, 6.45) is 0.00262. The maximum Gasteiger partial charge on any atom is 0.332 e. The van der Waals surface area contributed by atoms with Crippen LogP contribution in [0.1, 0.15) is 13.8 Å². The van der Waals surface area contributed by atoms with Crippen LogP contribution in [-0.4, -0.2) is 14.5 Å². The molecule has 0 bridgehead atoms. The second-order valence-corrected chi connectivity index (χ2v) is 4.42. The van der Waals surface area contributed by atoms with Crippen LogP contribution in [0.5, 0.6) is 5.75 Å². The van der Waals surface area contributed by atoms with Gasteiger partial charge in [0.05, 0.1) is 11.0 Å². The van der Waals surface area contributed by atoms with Crippen LogP contribution in [0.15, 0.2) is 29.2 Å². The van der Waals surface area contributed by atoms with E-state index in [1.54, 1.807) is 0 Å². The highest BCUT2D eigenvalue weighted by Crippen LogP contribution is 2.18. The zero-order valence-corrected chi connectivity index (χ0v) is 8.71. The first-order chi connectivity index (χ1) is 6.39. The molecule has 0 aliphatic heterocycles. The van der Waals surface area contributed by atoms with Crippen molar-refractivity contribution in [1.29, 1.82) is 0 Å². The summed E-state index contributed by atoms with van der Waals surface area (Å²) in [7, 11) is -4.60. The van der Waals surface area contributed by atoms with Crippen LogP contribution >= 0.6 is 0 Å². The van der Waals surface area contributed by atoms with Gasteiger partial charge in [-0.05, 0) is 38.1 Å². The monoisotopic (exact) mass is 218 g/mol. The van der Waals surface area contributed by atoms with E-state index < -0.39 is 10.2 Å². The second kappa shape index (κ2) is 3.96. The molecule has 0 aliphatic carbocycles. The Morgan fingerprint density at radius 3 is 2.07 bits per heavy atom. The molecule has 1 aromatic rings. The summed E-state index contributed by atoms with van der Waals surface area (Å²) >= 11 is 0. The Bertz CT molecular complexity index is 395. The van der Waals surface area contributed by atoms with Crippen molar-refractivity contribution < 1.29 is 17.0 Å². The van der Waals surface area contributed by atoms with Crippen molar-refractivity contribution >= 4 is 10.2 Å². The molecule has 0 aromatic heterocycles. The smallest absolute Gasteiger partial charge is 0.332 e. The molecule has 14 heavy (non-hydrogen) atoms. The van der Waals surface area contributed by atoms with E-state index in [9.17, 15) is 12.3 Å². The van der Waals surface area contributed by atoms with E-state index >= 15 is 0 Å². The quantitative estimate of drug-likeness (QED) is 0.730. The van der Waals surface area contributed by atoms with Gasteiger partial charge in [0.15, 0.2) is 0 Å². The molecule has 0 spiro atoms. The predicted octanol–water partition coefficient (Wildman–Crippen LogP) is 2.13. The SMILES string of the molecule is CC(C)Oc1ccc(S(=O)(=O)F)cc1. The van der Waals surface area contributed by atoms with E-state index in [0.717, 1.165) is 0 Å². The average Bonchev–Trinajstić information content (AvgIpc) is 2.02. The molecule has 0 heterocycles. The molecule has 0 aliphatic rings. The maximum atomic E-state index is 12.4. The van der Waals surface area contributed by atoms with Gasteiger partial charge >= 0.3 is 10.2 Å². The third kappa shape index (κ3) is 2.99. The molecule has 0 radical (unpaired) electrons.